The molecule has 7 heteroatoms. The lowest BCUT2D eigenvalue weighted by atomic mass is 10.1. The van der Waals surface area contributed by atoms with Crippen LogP contribution in [0.25, 0.3) is 0 Å². The molecule has 0 saturated heterocycles. The summed E-state index contributed by atoms with van der Waals surface area (Å²) in [6.07, 6.45) is 1.64. The molecule has 0 aromatic heterocycles. The quantitative estimate of drug-likeness (QED) is 0.416. The van der Waals surface area contributed by atoms with Crippen molar-refractivity contribution in [1.82, 2.24) is 0 Å². The molecule has 0 unspecified atom stereocenters. The van der Waals surface area contributed by atoms with Crippen molar-refractivity contribution in [2.75, 3.05) is 18.1 Å². The Labute approximate surface area is 161 Å². The summed E-state index contributed by atoms with van der Waals surface area (Å²) < 4.78 is 9.83. The van der Waals surface area contributed by atoms with E-state index in [4.69, 9.17) is 9.47 Å². The van der Waals surface area contributed by atoms with Gasteiger partial charge in [0.25, 0.3) is 11.8 Å². The van der Waals surface area contributed by atoms with Gasteiger partial charge < -0.3 is 9.47 Å². The fourth-order valence-electron chi connectivity index (χ4n) is 2.75. The maximum atomic E-state index is 12.5. The molecule has 0 fully saturated rings. The minimum absolute atomic E-state index is 0.196. The molecule has 144 valence electrons. The highest BCUT2D eigenvalue weighted by Crippen LogP contribution is 2.28. The smallest absolute Gasteiger partial charge is 0.344 e. The molecule has 2 amide bonds. The van der Waals surface area contributed by atoms with Gasteiger partial charge in [-0.25, -0.2) is 14.5 Å². The van der Waals surface area contributed by atoms with E-state index in [1.807, 2.05) is 6.92 Å². The van der Waals surface area contributed by atoms with Crippen molar-refractivity contribution in [1.29, 1.82) is 0 Å². The highest BCUT2D eigenvalue weighted by Gasteiger charge is 2.36. The minimum Gasteiger partial charge on any atom is -0.463 e. The second-order valence-electron chi connectivity index (χ2n) is 6.19. The van der Waals surface area contributed by atoms with E-state index < -0.39 is 30.4 Å². The fourth-order valence-corrected chi connectivity index (χ4v) is 2.75. The molecule has 7 nitrogen and oxygen atoms in total. The van der Waals surface area contributed by atoms with Gasteiger partial charge in [-0.1, -0.05) is 25.5 Å². The summed E-state index contributed by atoms with van der Waals surface area (Å²) >= 11 is 0. The van der Waals surface area contributed by atoms with Crippen molar-refractivity contribution in [3.63, 3.8) is 0 Å². The van der Waals surface area contributed by atoms with E-state index in [1.54, 1.807) is 24.3 Å². The molecule has 0 bridgehead atoms. The zero-order valence-corrected chi connectivity index (χ0v) is 15.3. The lowest BCUT2D eigenvalue weighted by Gasteiger charge is -2.14. The monoisotopic (exact) mass is 381 g/mol. The third-order valence-electron chi connectivity index (χ3n) is 4.24. The van der Waals surface area contributed by atoms with Crippen LogP contribution in [0.1, 0.15) is 50.8 Å². The average molecular weight is 381 g/mol. The van der Waals surface area contributed by atoms with Crippen molar-refractivity contribution in [3.8, 4) is 0 Å². The summed E-state index contributed by atoms with van der Waals surface area (Å²) in [6, 6.07) is 12.4. The Hall–Kier alpha value is -3.48. The highest BCUT2D eigenvalue weighted by atomic mass is 16.6. The highest BCUT2D eigenvalue weighted by molar-refractivity contribution is 6.34. The standard InChI is InChI=1S/C21H19NO6/c1-2-3-12-27-18(23)13-28-21(26)14-8-10-15(11-9-14)22-19(24)16-6-4-5-7-17(16)20(22)25/h4-11H,2-3,12-13H2,1H3. The first-order valence-corrected chi connectivity index (χ1v) is 8.93. The zero-order valence-electron chi connectivity index (χ0n) is 15.3. The third-order valence-corrected chi connectivity index (χ3v) is 4.24. The second-order valence-corrected chi connectivity index (χ2v) is 6.19. The van der Waals surface area contributed by atoms with Crippen LogP contribution in [0.3, 0.4) is 0 Å². The fraction of sp³-hybridized carbons (Fsp3) is 0.238. The first-order valence-electron chi connectivity index (χ1n) is 8.93. The number of nitrogens with zero attached hydrogens (tertiary/aromatic N) is 1. The number of ether oxygens (including phenoxy) is 2. The summed E-state index contributed by atoms with van der Waals surface area (Å²) in [5.74, 6) is -2.12. The molecule has 3 rings (SSSR count). The molecule has 1 aliphatic heterocycles. The van der Waals surface area contributed by atoms with E-state index in [0.717, 1.165) is 17.7 Å². The van der Waals surface area contributed by atoms with Crippen LogP contribution in [-0.2, 0) is 14.3 Å². The van der Waals surface area contributed by atoms with Gasteiger partial charge in [0.05, 0.1) is 29.0 Å². The van der Waals surface area contributed by atoms with Crippen molar-refractivity contribution >= 4 is 29.4 Å². The number of carbonyl (C=O) groups is 4. The molecule has 28 heavy (non-hydrogen) atoms. The van der Waals surface area contributed by atoms with Crippen LogP contribution >= 0.6 is 0 Å². The van der Waals surface area contributed by atoms with Gasteiger partial charge in [-0.05, 0) is 42.8 Å². The van der Waals surface area contributed by atoms with Crippen LogP contribution < -0.4 is 4.90 Å². The number of hydrogen-bond acceptors (Lipinski definition) is 6. The summed E-state index contributed by atoms with van der Waals surface area (Å²) in [7, 11) is 0. The number of anilines is 1. The van der Waals surface area contributed by atoms with E-state index in [1.165, 1.54) is 24.3 Å². The predicted octanol–water partition coefficient (Wildman–Crippen LogP) is 2.99. The Bertz CT molecular complexity index is 884. The number of amides is 2. The molecule has 0 radical (unpaired) electrons. The van der Waals surface area contributed by atoms with E-state index in [2.05, 4.69) is 0 Å². The number of unbranched alkanes of at least 4 members (excludes halogenated alkanes) is 1. The van der Waals surface area contributed by atoms with Crippen molar-refractivity contribution in [2.24, 2.45) is 0 Å². The molecule has 0 aliphatic carbocycles. The first kappa shape index (κ1) is 19.3. The summed E-state index contributed by atoms with van der Waals surface area (Å²) in [6.45, 7) is 1.80. The maximum absolute atomic E-state index is 12.5. The number of hydrogen-bond donors (Lipinski definition) is 0. The molecular formula is C21H19NO6. The molecule has 0 spiro atoms. The third kappa shape index (κ3) is 3.93. The van der Waals surface area contributed by atoms with Crippen LogP contribution in [0.2, 0.25) is 0 Å². The Morgan fingerprint density at radius 1 is 0.893 bits per heavy atom. The van der Waals surface area contributed by atoms with Crippen LogP contribution in [0.4, 0.5) is 5.69 Å². The van der Waals surface area contributed by atoms with Gasteiger partial charge in [0, 0.05) is 0 Å². The Morgan fingerprint density at radius 2 is 1.50 bits per heavy atom. The molecular weight excluding hydrogens is 362 g/mol. The molecule has 0 saturated carbocycles. The minimum atomic E-state index is -0.693. The van der Waals surface area contributed by atoms with Crippen LogP contribution in [0.5, 0.6) is 0 Å². The van der Waals surface area contributed by atoms with Crippen LogP contribution in [-0.4, -0.2) is 37.0 Å². The number of fused-ring (bicyclic) bond motifs is 1. The second kappa shape index (κ2) is 8.47. The SMILES string of the molecule is CCCCOC(=O)COC(=O)c1ccc(N2C(=O)c3ccccc3C2=O)cc1. The molecule has 1 heterocycles. The average Bonchev–Trinajstić information content (AvgIpc) is 2.97. The molecule has 2 aromatic rings. The van der Waals surface area contributed by atoms with Crippen LogP contribution in [0.15, 0.2) is 48.5 Å². The Kier molecular flexibility index (Phi) is 5.84. The molecule has 2 aromatic carbocycles. The lowest BCUT2D eigenvalue weighted by Crippen LogP contribution is -2.29. The van der Waals surface area contributed by atoms with Gasteiger partial charge in [0.1, 0.15) is 0 Å². The number of benzene rings is 2. The van der Waals surface area contributed by atoms with Gasteiger partial charge in [0.15, 0.2) is 6.61 Å². The molecule has 0 N–H and O–H groups in total. The number of carbonyl (C=O) groups excluding carboxylic acids is 4. The van der Waals surface area contributed by atoms with Crippen molar-refractivity contribution < 1.29 is 28.7 Å². The van der Waals surface area contributed by atoms with Crippen LogP contribution in [0, 0.1) is 0 Å². The maximum Gasteiger partial charge on any atom is 0.344 e. The molecule has 0 atom stereocenters. The van der Waals surface area contributed by atoms with Crippen molar-refractivity contribution in [3.05, 3.63) is 65.2 Å². The van der Waals surface area contributed by atoms with E-state index in [-0.39, 0.29) is 5.56 Å². The largest absolute Gasteiger partial charge is 0.463 e. The van der Waals surface area contributed by atoms with Gasteiger partial charge in [-0.2, -0.15) is 0 Å². The number of imide groups is 1. The van der Waals surface area contributed by atoms with E-state index >= 15 is 0 Å². The number of rotatable bonds is 7. The Balaban J connectivity index is 1.63. The zero-order chi connectivity index (χ0) is 20.1. The van der Waals surface area contributed by atoms with Gasteiger partial charge in [-0.15, -0.1) is 0 Å². The summed E-state index contributed by atoms with van der Waals surface area (Å²) in [5.41, 5.74) is 1.23. The van der Waals surface area contributed by atoms with E-state index in [9.17, 15) is 19.2 Å². The van der Waals surface area contributed by atoms with Gasteiger partial charge >= 0.3 is 11.9 Å². The van der Waals surface area contributed by atoms with E-state index in [0.29, 0.717) is 23.4 Å². The summed E-state index contributed by atoms with van der Waals surface area (Å²) in [4.78, 5) is 49.5. The first-order chi connectivity index (χ1) is 13.5. The molecule has 1 aliphatic rings. The Morgan fingerprint density at radius 3 is 2.07 bits per heavy atom. The number of esters is 2. The topological polar surface area (TPSA) is 90.0 Å². The predicted molar refractivity (Wildman–Crippen MR) is 100 cm³/mol. The van der Waals surface area contributed by atoms with Gasteiger partial charge in [-0.3, -0.25) is 9.59 Å². The lowest BCUT2D eigenvalue weighted by molar-refractivity contribution is -0.147. The summed E-state index contributed by atoms with van der Waals surface area (Å²) in [5, 5.41) is 0. The normalized spacial score (nSPS) is 12.7. The van der Waals surface area contributed by atoms with Crippen molar-refractivity contribution in [2.45, 2.75) is 19.8 Å². The van der Waals surface area contributed by atoms with Gasteiger partial charge in [0.2, 0.25) is 0 Å².